The summed E-state index contributed by atoms with van der Waals surface area (Å²) in [5.41, 5.74) is 4.32. The fourth-order valence-electron chi connectivity index (χ4n) is 5.15. The Morgan fingerprint density at radius 1 is 1.07 bits per heavy atom. The average Bonchev–Trinajstić information content (AvgIpc) is 3.23. The van der Waals surface area contributed by atoms with Crippen molar-refractivity contribution in [3.63, 3.8) is 0 Å². The first-order valence-corrected chi connectivity index (χ1v) is 10.7. The van der Waals surface area contributed by atoms with Crippen LogP contribution in [0.4, 0.5) is 0 Å². The number of para-hydroxylation sites is 1. The molecule has 3 heterocycles. The molecule has 28 heavy (non-hydrogen) atoms. The van der Waals surface area contributed by atoms with Crippen molar-refractivity contribution in [1.82, 2.24) is 19.6 Å². The lowest BCUT2D eigenvalue weighted by Gasteiger charge is -2.44. The van der Waals surface area contributed by atoms with E-state index in [1.807, 2.05) is 22.9 Å². The van der Waals surface area contributed by atoms with Crippen LogP contribution in [0.2, 0.25) is 0 Å². The summed E-state index contributed by atoms with van der Waals surface area (Å²) < 4.78 is 2.04. The maximum Gasteiger partial charge on any atom is 0.243 e. The van der Waals surface area contributed by atoms with Gasteiger partial charge in [-0.2, -0.15) is 5.10 Å². The molecule has 0 aliphatic carbocycles. The van der Waals surface area contributed by atoms with Crippen molar-refractivity contribution < 1.29 is 4.79 Å². The average molecular weight is 381 g/mol. The number of likely N-dealkylation sites (tertiary alicyclic amines) is 2. The van der Waals surface area contributed by atoms with Crippen LogP contribution in [0.15, 0.2) is 30.3 Å². The van der Waals surface area contributed by atoms with Crippen molar-refractivity contribution >= 4 is 5.91 Å². The molecule has 2 fully saturated rings. The number of nitrogens with zero attached hydrogens (tertiary/aromatic N) is 4. The number of piperidine rings is 1. The molecule has 5 nitrogen and oxygen atoms in total. The summed E-state index contributed by atoms with van der Waals surface area (Å²) in [5, 5.41) is 4.81. The van der Waals surface area contributed by atoms with E-state index in [2.05, 4.69) is 42.7 Å². The van der Waals surface area contributed by atoms with E-state index in [-0.39, 0.29) is 5.54 Å². The first-order chi connectivity index (χ1) is 13.6. The van der Waals surface area contributed by atoms with Gasteiger partial charge in [0, 0.05) is 30.9 Å². The molecular formula is C23H32N4O. The minimum atomic E-state index is -0.291. The minimum absolute atomic E-state index is 0.291. The van der Waals surface area contributed by atoms with Crippen molar-refractivity contribution in [2.45, 2.75) is 65.0 Å². The molecule has 0 bridgehead atoms. The third-order valence-electron chi connectivity index (χ3n) is 6.61. The second kappa shape index (κ2) is 7.70. The predicted octanol–water partition coefficient (Wildman–Crippen LogP) is 3.86. The number of aromatic nitrogens is 2. The van der Waals surface area contributed by atoms with Crippen LogP contribution in [0.5, 0.6) is 0 Å². The fourth-order valence-corrected chi connectivity index (χ4v) is 5.15. The molecule has 0 saturated carbocycles. The maximum absolute atomic E-state index is 13.4. The molecule has 1 aromatic carbocycles. The molecule has 0 radical (unpaired) electrons. The van der Waals surface area contributed by atoms with Crippen LogP contribution in [0.1, 0.15) is 56.0 Å². The molecule has 0 N–H and O–H groups in total. The molecule has 2 aliphatic heterocycles. The first kappa shape index (κ1) is 19.2. The molecule has 150 valence electrons. The zero-order valence-electron chi connectivity index (χ0n) is 17.4. The predicted molar refractivity (Wildman–Crippen MR) is 112 cm³/mol. The van der Waals surface area contributed by atoms with E-state index in [1.165, 1.54) is 11.3 Å². The SMILES string of the molecule is CCCN1CCCC2(CCCN2Cc2c(C)nn(-c3ccccc3)c2C)C1=O. The molecule has 2 aromatic rings. The van der Waals surface area contributed by atoms with Gasteiger partial charge in [-0.3, -0.25) is 9.69 Å². The summed E-state index contributed by atoms with van der Waals surface area (Å²) in [5.74, 6) is 0.365. The Hall–Kier alpha value is -2.14. The van der Waals surface area contributed by atoms with Gasteiger partial charge in [0.2, 0.25) is 5.91 Å². The van der Waals surface area contributed by atoms with Crippen molar-refractivity contribution in [2.75, 3.05) is 19.6 Å². The van der Waals surface area contributed by atoms with Gasteiger partial charge in [0.1, 0.15) is 5.54 Å². The molecule has 2 aliphatic rings. The standard InChI is InChI=1S/C23H32N4O/c1-4-14-25-15-8-12-23(22(25)28)13-9-16-26(23)17-21-18(2)24-27(19(21)3)20-10-6-5-7-11-20/h5-7,10-11H,4,8-9,12-17H2,1-3H3. The van der Waals surface area contributed by atoms with Crippen LogP contribution < -0.4 is 0 Å². The number of rotatable bonds is 5. The van der Waals surface area contributed by atoms with E-state index < -0.39 is 0 Å². The Morgan fingerprint density at radius 3 is 2.50 bits per heavy atom. The van der Waals surface area contributed by atoms with Crippen molar-refractivity contribution in [3.8, 4) is 5.69 Å². The summed E-state index contributed by atoms with van der Waals surface area (Å²) >= 11 is 0. The monoisotopic (exact) mass is 380 g/mol. The zero-order valence-corrected chi connectivity index (χ0v) is 17.4. The Balaban J connectivity index is 1.62. The van der Waals surface area contributed by atoms with Gasteiger partial charge in [-0.05, 0) is 64.6 Å². The van der Waals surface area contributed by atoms with E-state index >= 15 is 0 Å². The molecule has 1 spiro atoms. The van der Waals surface area contributed by atoms with Gasteiger partial charge in [0.25, 0.3) is 0 Å². The van der Waals surface area contributed by atoms with E-state index in [1.54, 1.807) is 0 Å². The Kier molecular flexibility index (Phi) is 5.28. The lowest BCUT2D eigenvalue weighted by Crippen LogP contribution is -2.59. The summed E-state index contributed by atoms with van der Waals surface area (Å²) in [6.07, 6.45) is 5.25. The second-order valence-electron chi connectivity index (χ2n) is 8.35. The zero-order chi connectivity index (χ0) is 19.7. The van der Waals surface area contributed by atoms with Gasteiger partial charge in [0.05, 0.1) is 11.4 Å². The summed E-state index contributed by atoms with van der Waals surface area (Å²) in [4.78, 5) is 18.0. The van der Waals surface area contributed by atoms with Crippen LogP contribution in [-0.4, -0.2) is 50.7 Å². The number of aryl methyl sites for hydroxylation is 1. The van der Waals surface area contributed by atoms with Crippen LogP contribution in [0, 0.1) is 13.8 Å². The van der Waals surface area contributed by atoms with Crippen molar-refractivity contribution in [1.29, 1.82) is 0 Å². The fraction of sp³-hybridized carbons (Fsp3) is 0.565. The number of carbonyl (C=O) groups is 1. The third kappa shape index (κ3) is 3.16. The molecule has 4 rings (SSSR count). The smallest absolute Gasteiger partial charge is 0.243 e. The van der Waals surface area contributed by atoms with Crippen molar-refractivity contribution in [3.05, 3.63) is 47.3 Å². The summed E-state index contributed by atoms with van der Waals surface area (Å²) in [7, 11) is 0. The van der Waals surface area contributed by atoms with E-state index in [9.17, 15) is 4.79 Å². The highest BCUT2D eigenvalue weighted by Gasteiger charge is 2.50. The van der Waals surface area contributed by atoms with Crippen LogP contribution in [0.25, 0.3) is 5.69 Å². The molecule has 1 aromatic heterocycles. The Bertz CT molecular complexity index is 842. The molecule has 2 saturated heterocycles. The highest BCUT2D eigenvalue weighted by atomic mass is 16.2. The molecule has 1 atom stereocenters. The van der Waals surface area contributed by atoms with Gasteiger partial charge in [-0.25, -0.2) is 4.68 Å². The lowest BCUT2D eigenvalue weighted by atomic mass is 9.85. The highest BCUT2D eigenvalue weighted by molar-refractivity contribution is 5.87. The Morgan fingerprint density at radius 2 is 1.79 bits per heavy atom. The number of hydrogen-bond acceptors (Lipinski definition) is 3. The minimum Gasteiger partial charge on any atom is -0.341 e. The van der Waals surface area contributed by atoms with E-state index in [0.29, 0.717) is 5.91 Å². The van der Waals surface area contributed by atoms with Crippen LogP contribution in [0.3, 0.4) is 0 Å². The number of amides is 1. The summed E-state index contributed by atoms with van der Waals surface area (Å²) in [6, 6.07) is 10.3. The topological polar surface area (TPSA) is 41.4 Å². The number of carbonyl (C=O) groups excluding carboxylic acids is 1. The number of hydrogen-bond donors (Lipinski definition) is 0. The molecule has 1 unspecified atom stereocenters. The van der Waals surface area contributed by atoms with E-state index in [4.69, 9.17) is 5.10 Å². The Labute approximate surface area is 168 Å². The van der Waals surface area contributed by atoms with Crippen molar-refractivity contribution in [2.24, 2.45) is 0 Å². The first-order valence-electron chi connectivity index (χ1n) is 10.7. The quantitative estimate of drug-likeness (QED) is 0.791. The molecule has 1 amide bonds. The van der Waals surface area contributed by atoms with Gasteiger partial charge >= 0.3 is 0 Å². The van der Waals surface area contributed by atoms with Gasteiger partial charge in [0.15, 0.2) is 0 Å². The summed E-state index contributed by atoms with van der Waals surface area (Å²) in [6.45, 7) is 10.0. The molecular weight excluding hydrogens is 348 g/mol. The van der Waals surface area contributed by atoms with Gasteiger partial charge in [-0.15, -0.1) is 0 Å². The van der Waals surface area contributed by atoms with Crippen LogP contribution in [-0.2, 0) is 11.3 Å². The largest absolute Gasteiger partial charge is 0.341 e. The highest BCUT2D eigenvalue weighted by Crippen LogP contribution is 2.39. The third-order valence-corrected chi connectivity index (χ3v) is 6.61. The normalized spacial score (nSPS) is 23.1. The lowest BCUT2D eigenvalue weighted by molar-refractivity contribution is -0.147. The van der Waals surface area contributed by atoms with Gasteiger partial charge < -0.3 is 4.90 Å². The van der Waals surface area contributed by atoms with Gasteiger partial charge in [-0.1, -0.05) is 25.1 Å². The number of benzene rings is 1. The second-order valence-corrected chi connectivity index (χ2v) is 8.35. The van der Waals surface area contributed by atoms with Crippen LogP contribution >= 0.6 is 0 Å². The molecule has 5 heteroatoms. The van der Waals surface area contributed by atoms with E-state index in [0.717, 1.165) is 69.7 Å². The maximum atomic E-state index is 13.4.